The number of allylic oxidation sites excluding steroid dienone is 3. The van der Waals surface area contributed by atoms with Gasteiger partial charge in [-0.3, -0.25) is 4.79 Å². The first-order valence-electron chi connectivity index (χ1n) is 12.2. The Morgan fingerprint density at radius 3 is 2.47 bits per heavy atom. The van der Waals surface area contributed by atoms with E-state index in [0.717, 1.165) is 11.3 Å². The van der Waals surface area contributed by atoms with Crippen LogP contribution in [0.25, 0.3) is 0 Å². The molecule has 0 saturated heterocycles. The van der Waals surface area contributed by atoms with E-state index in [2.05, 4.69) is 5.32 Å². The lowest BCUT2D eigenvalue weighted by molar-refractivity contribution is -0.140. The molecule has 0 amide bonds. The molecule has 0 fully saturated rings. The Hall–Kier alpha value is -3.74. The van der Waals surface area contributed by atoms with Crippen molar-refractivity contribution in [2.75, 3.05) is 20.8 Å². The van der Waals surface area contributed by atoms with Gasteiger partial charge in [-0.05, 0) is 60.6 Å². The van der Waals surface area contributed by atoms with Gasteiger partial charge in [0.05, 0.1) is 26.4 Å². The summed E-state index contributed by atoms with van der Waals surface area (Å²) in [7, 11) is 3.18. The third kappa shape index (κ3) is 4.96. The molecule has 7 nitrogen and oxygen atoms in total. The zero-order chi connectivity index (χ0) is 26.0. The zero-order valence-corrected chi connectivity index (χ0v) is 21.4. The summed E-state index contributed by atoms with van der Waals surface area (Å²) in [6.07, 6.45) is 0.885. The maximum atomic E-state index is 13.7. The van der Waals surface area contributed by atoms with Crippen LogP contribution in [0.2, 0.25) is 0 Å². The van der Waals surface area contributed by atoms with E-state index in [1.54, 1.807) is 32.4 Å². The normalized spacial score (nSPS) is 19.7. The van der Waals surface area contributed by atoms with Crippen molar-refractivity contribution in [1.82, 2.24) is 5.32 Å². The first kappa shape index (κ1) is 25.4. The molecule has 1 heterocycles. The average Bonchev–Trinajstić information content (AvgIpc) is 2.85. The van der Waals surface area contributed by atoms with Crippen LogP contribution in [0.5, 0.6) is 17.2 Å². The number of ether oxygens (including phenoxy) is 3. The van der Waals surface area contributed by atoms with Gasteiger partial charge >= 0.3 is 5.97 Å². The van der Waals surface area contributed by atoms with Crippen LogP contribution in [0.15, 0.2) is 65.0 Å². The van der Waals surface area contributed by atoms with Crippen molar-refractivity contribution in [2.45, 2.75) is 45.4 Å². The molecule has 1 aliphatic carbocycles. The molecule has 2 aliphatic rings. The summed E-state index contributed by atoms with van der Waals surface area (Å²) in [6, 6.07) is 12.4. The summed E-state index contributed by atoms with van der Waals surface area (Å²) >= 11 is 0. The summed E-state index contributed by atoms with van der Waals surface area (Å²) in [4.78, 5) is 26.9. The molecule has 2 aromatic carbocycles. The number of carbonyl (C=O) groups is 2. The van der Waals surface area contributed by atoms with Crippen LogP contribution >= 0.6 is 0 Å². The highest BCUT2D eigenvalue weighted by molar-refractivity contribution is 6.04. The molecule has 0 aromatic heterocycles. The standard InChI is InChI=1S/C29H33NO6/c1-16(2)15-36-29(33)26-17(3)30-22-12-20(18-9-10-24(34-4)25(14-18)35-5)13-23(32)28(22)27(26)19-7-6-8-21(31)11-19/h6-11,14,16,20,27,30-31H,12-13,15H2,1-5H3/t20-,27-/m1/s1. The molecular weight excluding hydrogens is 458 g/mol. The number of hydrogen-bond acceptors (Lipinski definition) is 7. The van der Waals surface area contributed by atoms with Crippen LogP contribution in [0.1, 0.15) is 56.6 Å². The molecule has 2 N–H and O–H groups in total. The number of dihydropyridines is 1. The maximum absolute atomic E-state index is 13.7. The van der Waals surface area contributed by atoms with E-state index >= 15 is 0 Å². The van der Waals surface area contributed by atoms with Crippen molar-refractivity contribution in [3.63, 3.8) is 0 Å². The number of benzene rings is 2. The molecule has 7 heteroatoms. The summed E-state index contributed by atoms with van der Waals surface area (Å²) in [5.74, 6) is 0.324. The van der Waals surface area contributed by atoms with Crippen LogP contribution in [0, 0.1) is 5.92 Å². The Labute approximate surface area is 211 Å². The topological polar surface area (TPSA) is 94.1 Å². The van der Waals surface area contributed by atoms with Crippen molar-refractivity contribution in [1.29, 1.82) is 0 Å². The minimum Gasteiger partial charge on any atom is -0.508 e. The van der Waals surface area contributed by atoms with Crippen LogP contribution < -0.4 is 14.8 Å². The Balaban J connectivity index is 1.75. The molecule has 4 rings (SSSR count). The molecule has 2 aromatic rings. The first-order valence-corrected chi connectivity index (χ1v) is 12.2. The highest BCUT2D eigenvalue weighted by Gasteiger charge is 2.41. The van der Waals surface area contributed by atoms with Gasteiger partial charge in [0.15, 0.2) is 17.3 Å². The molecule has 0 unspecified atom stereocenters. The SMILES string of the molecule is COc1ccc([C@H]2CC(=O)C3=C(C2)NC(C)=C(C(=O)OCC(C)C)[C@H]3c2cccc(O)c2)cc1OC. The van der Waals surface area contributed by atoms with Gasteiger partial charge in [-0.25, -0.2) is 4.79 Å². The van der Waals surface area contributed by atoms with E-state index in [0.29, 0.717) is 46.7 Å². The molecule has 1 aliphatic heterocycles. The Morgan fingerprint density at radius 2 is 1.81 bits per heavy atom. The Kier molecular flexibility index (Phi) is 7.38. The molecule has 0 spiro atoms. The number of rotatable bonds is 7. The quantitative estimate of drug-likeness (QED) is 0.528. The molecule has 0 saturated carbocycles. The van der Waals surface area contributed by atoms with Crippen molar-refractivity contribution >= 4 is 11.8 Å². The lowest BCUT2D eigenvalue weighted by Crippen LogP contribution is -2.36. The predicted molar refractivity (Wildman–Crippen MR) is 136 cm³/mol. The second-order valence-electron chi connectivity index (χ2n) is 9.72. The Morgan fingerprint density at radius 1 is 1.06 bits per heavy atom. The smallest absolute Gasteiger partial charge is 0.336 e. The van der Waals surface area contributed by atoms with E-state index in [-0.39, 0.29) is 30.0 Å². The third-order valence-corrected chi connectivity index (χ3v) is 6.68. The van der Waals surface area contributed by atoms with Crippen molar-refractivity contribution < 1.29 is 28.9 Å². The van der Waals surface area contributed by atoms with Crippen LogP contribution in [0.4, 0.5) is 0 Å². The van der Waals surface area contributed by atoms with Crippen molar-refractivity contribution in [3.8, 4) is 17.2 Å². The second kappa shape index (κ2) is 10.5. The number of esters is 1. The fourth-order valence-corrected chi connectivity index (χ4v) is 5.01. The summed E-state index contributed by atoms with van der Waals surface area (Å²) < 4.78 is 16.4. The van der Waals surface area contributed by atoms with Gasteiger partial charge in [0, 0.05) is 29.3 Å². The monoisotopic (exact) mass is 491 g/mol. The largest absolute Gasteiger partial charge is 0.508 e. The van der Waals surface area contributed by atoms with Crippen molar-refractivity contribution in [2.24, 2.45) is 5.92 Å². The van der Waals surface area contributed by atoms with E-state index < -0.39 is 11.9 Å². The number of hydrogen-bond donors (Lipinski definition) is 2. The van der Waals surface area contributed by atoms with E-state index in [1.165, 1.54) is 0 Å². The highest BCUT2D eigenvalue weighted by Crippen LogP contribution is 2.46. The molecule has 0 bridgehead atoms. The number of phenolic OH excluding ortho intramolecular Hbond substituents is 1. The molecule has 36 heavy (non-hydrogen) atoms. The number of Topliss-reactive ketones (excluding diaryl/α,β-unsaturated/α-hetero) is 1. The fraction of sp³-hybridized carbons (Fsp3) is 0.379. The van der Waals surface area contributed by atoms with Gasteiger partial charge < -0.3 is 24.6 Å². The first-order chi connectivity index (χ1) is 17.2. The summed E-state index contributed by atoms with van der Waals surface area (Å²) in [5.41, 5.74) is 4.05. The zero-order valence-electron chi connectivity index (χ0n) is 21.4. The van der Waals surface area contributed by atoms with Gasteiger partial charge in [0.25, 0.3) is 0 Å². The van der Waals surface area contributed by atoms with Gasteiger partial charge in [0.1, 0.15) is 5.75 Å². The maximum Gasteiger partial charge on any atom is 0.336 e. The predicted octanol–water partition coefficient (Wildman–Crippen LogP) is 4.97. The number of ketones is 1. The minimum atomic E-state index is -0.619. The fourth-order valence-electron chi connectivity index (χ4n) is 5.01. The van der Waals surface area contributed by atoms with Gasteiger partial charge in [0.2, 0.25) is 0 Å². The van der Waals surface area contributed by atoms with E-state index in [4.69, 9.17) is 14.2 Å². The number of carbonyl (C=O) groups excluding carboxylic acids is 2. The van der Waals surface area contributed by atoms with Crippen molar-refractivity contribution in [3.05, 3.63) is 76.1 Å². The lowest BCUT2D eigenvalue weighted by atomic mass is 9.71. The molecule has 190 valence electrons. The van der Waals surface area contributed by atoms with Crippen LogP contribution in [-0.2, 0) is 14.3 Å². The summed E-state index contributed by atoms with van der Waals surface area (Å²) in [6.45, 7) is 6.06. The number of aromatic hydroxyl groups is 1. The van der Waals surface area contributed by atoms with Gasteiger partial charge in [-0.15, -0.1) is 0 Å². The third-order valence-electron chi connectivity index (χ3n) is 6.68. The number of phenols is 1. The van der Waals surface area contributed by atoms with Crippen LogP contribution in [0.3, 0.4) is 0 Å². The van der Waals surface area contributed by atoms with E-state index in [1.807, 2.05) is 45.0 Å². The number of nitrogens with one attached hydrogen (secondary N) is 1. The lowest BCUT2D eigenvalue weighted by Gasteiger charge is -2.37. The average molecular weight is 492 g/mol. The second-order valence-corrected chi connectivity index (χ2v) is 9.72. The number of methoxy groups -OCH3 is 2. The Bertz CT molecular complexity index is 1240. The van der Waals surface area contributed by atoms with E-state index in [9.17, 15) is 14.7 Å². The van der Waals surface area contributed by atoms with Gasteiger partial charge in [-0.2, -0.15) is 0 Å². The van der Waals surface area contributed by atoms with Gasteiger partial charge in [-0.1, -0.05) is 32.0 Å². The summed E-state index contributed by atoms with van der Waals surface area (Å²) in [5, 5.41) is 13.5. The van der Waals surface area contributed by atoms with Crippen LogP contribution in [-0.4, -0.2) is 37.7 Å². The molecule has 0 radical (unpaired) electrons. The minimum absolute atomic E-state index is 0.0430. The molecular formula is C29H33NO6. The molecule has 2 atom stereocenters. The highest BCUT2D eigenvalue weighted by atomic mass is 16.5.